The standard InChI is InChI=1S/C28H22F3N3O3S/c29-21-6-8-23(9-7-21)32-10-12-33(13-11-32)26(35)19-3-1-2-18(14-19)15-25-27(36)34(28(37)38-25)17-20-4-5-22(30)16-24(20)31/h1-9,14-16H,10-13,17H2/b25-15-. The van der Waals surface area contributed by atoms with E-state index in [0.29, 0.717) is 43.4 Å². The number of hydrogen-bond acceptors (Lipinski definition) is 5. The van der Waals surface area contributed by atoms with E-state index in [2.05, 4.69) is 4.90 Å². The lowest BCUT2D eigenvalue weighted by Crippen LogP contribution is -2.48. The van der Waals surface area contributed by atoms with E-state index >= 15 is 0 Å². The number of carbonyl (C=O) groups excluding carboxylic acids is 3. The summed E-state index contributed by atoms with van der Waals surface area (Å²) >= 11 is 0.724. The van der Waals surface area contributed by atoms with E-state index in [1.807, 2.05) is 0 Å². The van der Waals surface area contributed by atoms with Gasteiger partial charge in [0.05, 0.1) is 11.4 Å². The Morgan fingerprint density at radius 2 is 1.58 bits per heavy atom. The SMILES string of the molecule is O=C(c1cccc(/C=C2\SC(=O)N(Cc3ccc(F)cc3F)C2=O)c1)N1CCN(c2ccc(F)cc2)CC1. The van der Waals surface area contributed by atoms with Crippen molar-refractivity contribution < 1.29 is 27.6 Å². The smallest absolute Gasteiger partial charge is 0.293 e. The molecule has 3 amide bonds. The minimum absolute atomic E-state index is 0.0297. The highest BCUT2D eigenvalue weighted by atomic mass is 32.2. The molecule has 0 radical (unpaired) electrons. The van der Waals surface area contributed by atoms with Gasteiger partial charge in [0, 0.05) is 49.1 Å². The van der Waals surface area contributed by atoms with Crippen molar-refractivity contribution in [2.75, 3.05) is 31.1 Å². The fourth-order valence-electron chi connectivity index (χ4n) is 4.37. The summed E-state index contributed by atoms with van der Waals surface area (Å²) in [5, 5.41) is -0.559. The number of anilines is 1. The van der Waals surface area contributed by atoms with Crippen LogP contribution in [0.5, 0.6) is 0 Å². The molecule has 0 bridgehead atoms. The summed E-state index contributed by atoms with van der Waals surface area (Å²) in [6, 6.07) is 16.0. The lowest BCUT2D eigenvalue weighted by Gasteiger charge is -2.36. The van der Waals surface area contributed by atoms with Gasteiger partial charge in [0.15, 0.2) is 0 Å². The molecule has 0 unspecified atom stereocenters. The van der Waals surface area contributed by atoms with Crippen LogP contribution in [0.2, 0.25) is 0 Å². The monoisotopic (exact) mass is 537 g/mol. The third kappa shape index (κ3) is 5.45. The number of imide groups is 1. The van der Waals surface area contributed by atoms with Crippen molar-refractivity contribution in [3.05, 3.63) is 106 Å². The number of piperazine rings is 1. The molecule has 3 aromatic rings. The van der Waals surface area contributed by atoms with E-state index in [-0.39, 0.29) is 28.7 Å². The Kier molecular flexibility index (Phi) is 7.24. The second kappa shape index (κ2) is 10.7. The average Bonchev–Trinajstić information content (AvgIpc) is 3.17. The number of hydrogen-bond donors (Lipinski definition) is 0. The van der Waals surface area contributed by atoms with Crippen LogP contribution in [0.25, 0.3) is 6.08 Å². The molecule has 10 heteroatoms. The predicted molar refractivity (Wildman–Crippen MR) is 139 cm³/mol. The van der Waals surface area contributed by atoms with E-state index < -0.39 is 22.8 Å². The molecular weight excluding hydrogens is 515 g/mol. The fourth-order valence-corrected chi connectivity index (χ4v) is 5.21. The molecule has 194 valence electrons. The molecule has 38 heavy (non-hydrogen) atoms. The zero-order chi connectivity index (χ0) is 26.8. The van der Waals surface area contributed by atoms with Gasteiger partial charge in [0.25, 0.3) is 17.1 Å². The highest BCUT2D eigenvalue weighted by Crippen LogP contribution is 2.34. The number of amides is 3. The Hall–Kier alpha value is -4.05. The Labute approximate surface area is 221 Å². The molecule has 0 aromatic heterocycles. The topological polar surface area (TPSA) is 60.9 Å². The van der Waals surface area contributed by atoms with Crippen LogP contribution in [0, 0.1) is 17.5 Å². The van der Waals surface area contributed by atoms with Gasteiger partial charge in [-0.05, 0) is 65.9 Å². The Morgan fingerprint density at radius 3 is 2.29 bits per heavy atom. The van der Waals surface area contributed by atoms with E-state index in [0.717, 1.165) is 28.4 Å². The van der Waals surface area contributed by atoms with Crippen molar-refractivity contribution in [1.82, 2.24) is 9.80 Å². The molecule has 2 aliphatic rings. The summed E-state index contributed by atoms with van der Waals surface area (Å²) in [6.07, 6.45) is 1.52. The second-order valence-electron chi connectivity index (χ2n) is 8.88. The number of halogens is 3. The predicted octanol–water partition coefficient (Wildman–Crippen LogP) is 5.30. The quantitative estimate of drug-likeness (QED) is 0.414. The maximum atomic E-state index is 14.0. The molecular formula is C28H22F3N3O3S. The molecule has 0 spiro atoms. The van der Waals surface area contributed by atoms with Gasteiger partial charge in [-0.3, -0.25) is 19.3 Å². The maximum Gasteiger partial charge on any atom is 0.293 e. The van der Waals surface area contributed by atoms with Crippen molar-refractivity contribution >= 4 is 40.6 Å². The number of nitrogens with zero attached hydrogens (tertiary/aromatic N) is 3. The number of thioether (sulfide) groups is 1. The largest absolute Gasteiger partial charge is 0.368 e. The van der Waals surface area contributed by atoms with Gasteiger partial charge in [-0.25, -0.2) is 13.2 Å². The zero-order valence-electron chi connectivity index (χ0n) is 20.1. The first-order valence-electron chi connectivity index (χ1n) is 11.9. The lowest BCUT2D eigenvalue weighted by atomic mass is 10.1. The summed E-state index contributed by atoms with van der Waals surface area (Å²) in [7, 11) is 0. The van der Waals surface area contributed by atoms with E-state index in [9.17, 15) is 27.6 Å². The van der Waals surface area contributed by atoms with Gasteiger partial charge in [-0.1, -0.05) is 18.2 Å². The Balaban J connectivity index is 1.25. The van der Waals surface area contributed by atoms with Crippen molar-refractivity contribution in [1.29, 1.82) is 0 Å². The number of carbonyl (C=O) groups is 3. The normalized spacial score (nSPS) is 17.0. The van der Waals surface area contributed by atoms with E-state index in [1.165, 1.54) is 24.3 Å². The lowest BCUT2D eigenvalue weighted by molar-refractivity contribution is -0.123. The van der Waals surface area contributed by atoms with Gasteiger partial charge in [-0.15, -0.1) is 0 Å². The van der Waals surface area contributed by atoms with E-state index in [1.54, 1.807) is 41.3 Å². The molecule has 6 nitrogen and oxygen atoms in total. The molecule has 0 atom stereocenters. The first-order valence-corrected chi connectivity index (χ1v) is 12.7. The maximum absolute atomic E-state index is 14.0. The summed E-state index contributed by atoms with van der Waals surface area (Å²) in [4.78, 5) is 43.3. The second-order valence-corrected chi connectivity index (χ2v) is 9.88. The highest BCUT2D eigenvalue weighted by Gasteiger charge is 2.35. The average molecular weight is 538 g/mol. The summed E-state index contributed by atoms with van der Waals surface area (Å²) in [5.74, 6) is -2.62. The number of rotatable bonds is 5. The van der Waals surface area contributed by atoms with Gasteiger partial charge in [0.2, 0.25) is 0 Å². The van der Waals surface area contributed by atoms with Crippen LogP contribution >= 0.6 is 11.8 Å². The molecule has 3 aromatic carbocycles. The summed E-state index contributed by atoms with van der Waals surface area (Å²) in [6.45, 7) is 1.91. The van der Waals surface area contributed by atoms with Crippen molar-refractivity contribution in [2.24, 2.45) is 0 Å². The molecule has 2 heterocycles. The van der Waals surface area contributed by atoms with Crippen LogP contribution in [0.1, 0.15) is 21.5 Å². The van der Waals surface area contributed by atoms with Gasteiger partial charge < -0.3 is 9.80 Å². The van der Waals surface area contributed by atoms with E-state index in [4.69, 9.17) is 0 Å². The molecule has 0 aliphatic carbocycles. The van der Waals surface area contributed by atoms with Crippen LogP contribution in [0.3, 0.4) is 0 Å². The van der Waals surface area contributed by atoms with Crippen LogP contribution in [0.4, 0.5) is 23.7 Å². The first-order chi connectivity index (χ1) is 18.3. The molecule has 2 fully saturated rings. The Bertz CT molecular complexity index is 1440. The first kappa shape index (κ1) is 25.6. The van der Waals surface area contributed by atoms with Gasteiger partial charge in [0.1, 0.15) is 17.5 Å². The third-order valence-corrected chi connectivity index (χ3v) is 7.31. The molecule has 5 rings (SSSR count). The number of benzene rings is 3. The molecule has 2 saturated heterocycles. The van der Waals surface area contributed by atoms with Crippen molar-refractivity contribution in [3.8, 4) is 0 Å². The van der Waals surface area contributed by atoms with Crippen LogP contribution in [-0.4, -0.2) is 53.0 Å². The summed E-state index contributed by atoms with van der Waals surface area (Å²) < 4.78 is 40.4. The fraction of sp³-hybridized carbons (Fsp3) is 0.179. The minimum Gasteiger partial charge on any atom is -0.368 e. The highest BCUT2D eigenvalue weighted by molar-refractivity contribution is 8.18. The third-order valence-electron chi connectivity index (χ3n) is 6.41. The summed E-state index contributed by atoms with van der Waals surface area (Å²) in [5.41, 5.74) is 1.94. The Morgan fingerprint density at radius 1 is 0.868 bits per heavy atom. The van der Waals surface area contributed by atoms with Crippen molar-refractivity contribution in [2.45, 2.75) is 6.54 Å². The molecule has 0 saturated carbocycles. The van der Waals surface area contributed by atoms with Crippen molar-refractivity contribution in [3.63, 3.8) is 0 Å². The van der Waals surface area contributed by atoms with Crippen LogP contribution < -0.4 is 4.90 Å². The molecule has 2 aliphatic heterocycles. The van der Waals surface area contributed by atoms with Gasteiger partial charge >= 0.3 is 0 Å². The molecule has 0 N–H and O–H groups in total. The van der Waals surface area contributed by atoms with Crippen LogP contribution in [0.15, 0.2) is 71.6 Å². The van der Waals surface area contributed by atoms with Gasteiger partial charge in [-0.2, -0.15) is 0 Å². The van der Waals surface area contributed by atoms with Crippen LogP contribution in [-0.2, 0) is 11.3 Å². The zero-order valence-corrected chi connectivity index (χ0v) is 20.9. The minimum atomic E-state index is -0.835.